The topological polar surface area (TPSA) is 73.7 Å². The molecule has 8 heteroatoms. The molecule has 0 fully saturated rings. The lowest BCUT2D eigenvalue weighted by Gasteiger charge is -2.09. The minimum atomic E-state index is 0.386. The number of methoxy groups -OCH3 is 2. The molecule has 3 aromatic rings. The van der Waals surface area contributed by atoms with E-state index in [1.165, 1.54) is 0 Å². The summed E-state index contributed by atoms with van der Waals surface area (Å²) in [7, 11) is 3.18. The molecule has 140 valence electrons. The highest BCUT2D eigenvalue weighted by molar-refractivity contribution is 7.71. The molecular weight excluding hydrogens is 364 g/mol. The predicted octanol–water partition coefficient (Wildman–Crippen LogP) is 3.91. The van der Waals surface area contributed by atoms with Crippen molar-refractivity contribution in [2.24, 2.45) is 5.10 Å². The molecule has 2 aromatic carbocycles. The lowest BCUT2D eigenvalue weighted by Crippen LogP contribution is -1.98. The summed E-state index contributed by atoms with van der Waals surface area (Å²) in [6.07, 6.45) is 1.66. The number of rotatable bonds is 7. The normalized spacial score (nSPS) is 10.9. The van der Waals surface area contributed by atoms with E-state index in [9.17, 15) is 0 Å². The molecule has 3 rings (SSSR count). The number of benzene rings is 2. The van der Waals surface area contributed by atoms with Gasteiger partial charge in [-0.25, -0.2) is 5.10 Å². The second kappa shape index (κ2) is 8.50. The van der Waals surface area contributed by atoms with Gasteiger partial charge in [-0.15, -0.1) is 0 Å². The number of aromatic amines is 1. The molecule has 27 heavy (non-hydrogen) atoms. The number of ether oxygens (including phenoxy) is 3. The van der Waals surface area contributed by atoms with E-state index in [0.29, 0.717) is 28.7 Å². The lowest BCUT2D eigenvalue weighted by molar-refractivity contribution is 0.340. The number of hydrogen-bond acceptors (Lipinski definition) is 6. The molecule has 0 unspecified atom stereocenters. The summed E-state index contributed by atoms with van der Waals surface area (Å²) in [5, 5.41) is 11.5. The highest BCUT2D eigenvalue weighted by Crippen LogP contribution is 2.29. The summed E-state index contributed by atoms with van der Waals surface area (Å²) in [6.45, 7) is 2.56. The Labute approximate surface area is 162 Å². The summed E-state index contributed by atoms with van der Waals surface area (Å²) in [4.78, 5) is 0. The minimum absolute atomic E-state index is 0.386. The van der Waals surface area contributed by atoms with Crippen molar-refractivity contribution >= 4 is 18.4 Å². The van der Waals surface area contributed by atoms with Crippen LogP contribution in [0.3, 0.4) is 0 Å². The molecule has 0 saturated heterocycles. The van der Waals surface area contributed by atoms with E-state index in [1.807, 2.05) is 49.4 Å². The Morgan fingerprint density at radius 3 is 2.59 bits per heavy atom. The van der Waals surface area contributed by atoms with Gasteiger partial charge >= 0.3 is 0 Å². The van der Waals surface area contributed by atoms with Crippen molar-refractivity contribution < 1.29 is 14.2 Å². The van der Waals surface area contributed by atoms with Crippen LogP contribution in [0.4, 0.5) is 0 Å². The van der Waals surface area contributed by atoms with E-state index in [2.05, 4.69) is 15.3 Å². The first-order chi connectivity index (χ1) is 13.2. The Morgan fingerprint density at radius 1 is 1.15 bits per heavy atom. The number of aromatic nitrogens is 3. The van der Waals surface area contributed by atoms with Crippen molar-refractivity contribution in [2.45, 2.75) is 6.92 Å². The Balaban J connectivity index is 1.96. The first-order valence-corrected chi connectivity index (χ1v) is 8.74. The van der Waals surface area contributed by atoms with Crippen molar-refractivity contribution in [3.63, 3.8) is 0 Å². The van der Waals surface area contributed by atoms with Gasteiger partial charge in [0.05, 0.1) is 27.0 Å². The predicted molar refractivity (Wildman–Crippen MR) is 107 cm³/mol. The number of H-pyrrole nitrogens is 1. The van der Waals surface area contributed by atoms with E-state index in [-0.39, 0.29) is 0 Å². The summed E-state index contributed by atoms with van der Waals surface area (Å²) in [6, 6.07) is 13.2. The van der Waals surface area contributed by atoms with Crippen molar-refractivity contribution in [3.8, 4) is 28.6 Å². The van der Waals surface area contributed by atoms with Crippen LogP contribution in [0.25, 0.3) is 11.4 Å². The van der Waals surface area contributed by atoms with Crippen LogP contribution in [0.2, 0.25) is 0 Å². The fourth-order valence-electron chi connectivity index (χ4n) is 2.59. The molecule has 1 heterocycles. The quantitative estimate of drug-likeness (QED) is 0.494. The maximum Gasteiger partial charge on any atom is 0.216 e. The third-order valence-electron chi connectivity index (χ3n) is 3.82. The summed E-state index contributed by atoms with van der Waals surface area (Å²) >= 11 is 5.32. The molecule has 0 radical (unpaired) electrons. The van der Waals surface area contributed by atoms with Crippen LogP contribution < -0.4 is 14.2 Å². The van der Waals surface area contributed by atoms with Crippen molar-refractivity contribution in [2.75, 3.05) is 20.8 Å². The molecule has 0 aliphatic heterocycles. The van der Waals surface area contributed by atoms with Crippen molar-refractivity contribution in [3.05, 3.63) is 52.8 Å². The molecule has 0 bridgehead atoms. The van der Waals surface area contributed by atoms with E-state index < -0.39 is 0 Å². The molecule has 1 N–H and O–H groups in total. The van der Waals surface area contributed by atoms with E-state index >= 15 is 0 Å². The fourth-order valence-corrected chi connectivity index (χ4v) is 2.77. The van der Waals surface area contributed by atoms with E-state index in [4.69, 9.17) is 26.4 Å². The molecule has 0 aliphatic rings. The first-order valence-electron chi connectivity index (χ1n) is 8.34. The van der Waals surface area contributed by atoms with Crippen LogP contribution in [0.1, 0.15) is 12.5 Å². The molecule has 0 spiro atoms. The average molecular weight is 384 g/mol. The van der Waals surface area contributed by atoms with E-state index in [0.717, 1.165) is 16.9 Å². The minimum Gasteiger partial charge on any atom is -0.494 e. The maximum atomic E-state index is 5.47. The third kappa shape index (κ3) is 4.01. The largest absolute Gasteiger partial charge is 0.494 e. The number of nitrogens with one attached hydrogen (secondary N) is 1. The van der Waals surface area contributed by atoms with Crippen LogP contribution >= 0.6 is 12.2 Å². The lowest BCUT2D eigenvalue weighted by atomic mass is 10.2. The summed E-state index contributed by atoms with van der Waals surface area (Å²) < 4.78 is 18.2. The van der Waals surface area contributed by atoms with Crippen LogP contribution in [-0.2, 0) is 0 Å². The van der Waals surface area contributed by atoms with Gasteiger partial charge in [-0.2, -0.15) is 14.9 Å². The maximum absolute atomic E-state index is 5.47. The Morgan fingerprint density at radius 2 is 1.93 bits per heavy atom. The second-order valence-corrected chi connectivity index (χ2v) is 5.84. The van der Waals surface area contributed by atoms with Crippen LogP contribution in [-0.4, -0.2) is 41.9 Å². The highest BCUT2D eigenvalue weighted by Gasteiger charge is 2.10. The van der Waals surface area contributed by atoms with Gasteiger partial charge in [-0.1, -0.05) is 6.07 Å². The zero-order chi connectivity index (χ0) is 19.2. The van der Waals surface area contributed by atoms with Crippen LogP contribution in [0.15, 0.2) is 47.6 Å². The molecule has 1 aromatic heterocycles. The van der Waals surface area contributed by atoms with Crippen molar-refractivity contribution in [1.29, 1.82) is 0 Å². The number of hydrogen-bond donors (Lipinski definition) is 1. The third-order valence-corrected chi connectivity index (χ3v) is 4.08. The van der Waals surface area contributed by atoms with Gasteiger partial charge in [-0.3, -0.25) is 0 Å². The molecule has 7 nitrogen and oxygen atoms in total. The van der Waals surface area contributed by atoms with Gasteiger partial charge in [0.2, 0.25) is 4.77 Å². The van der Waals surface area contributed by atoms with Gasteiger partial charge in [0.25, 0.3) is 0 Å². The molecule has 0 aliphatic carbocycles. The fraction of sp³-hybridized carbons (Fsp3) is 0.211. The van der Waals surface area contributed by atoms with Crippen LogP contribution in [0.5, 0.6) is 17.2 Å². The molecular formula is C19H20N4O3S. The zero-order valence-corrected chi connectivity index (χ0v) is 16.1. The monoisotopic (exact) mass is 384 g/mol. The summed E-state index contributed by atoms with van der Waals surface area (Å²) in [5.74, 6) is 2.62. The Bertz CT molecular complexity index is 993. The van der Waals surface area contributed by atoms with Crippen LogP contribution in [0, 0.1) is 4.77 Å². The van der Waals surface area contributed by atoms with E-state index in [1.54, 1.807) is 25.1 Å². The highest BCUT2D eigenvalue weighted by atomic mass is 32.1. The van der Waals surface area contributed by atoms with Gasteiger partial charge in [0, 0.05) is 11.1 Å². The van der Waals surface area contributed by atoms with Gasteiger partial charge in [-0.05, 0) is 55.5 Å². The Hall–Kier alpha value is -3.13. The van der Waals surface area contributed by atoms with Gasteiger partial charge < -0.3 is 14.2 Å². The molecule has 0 amide bonds. The zero-order valence-electron chi connectivity index (χ0n) is 15.3. The molecule has 0 atom stereocenters. The standard InChI is InChI=1S/C19H20N4O3S/c1-4-26-15-10-8-13(9-11-15)18-21-22-19(27)23(18)20-12-14-6-5-7-16(24-2)17(14)25-3/h5-12H,4H2,1-3H3,(H,22,27)/b20-12-. The smallest absolute Gasteiger partial charge is 0.216 e. The van der Waals surface area contributed by atoms with Gasteiger partial charge in [0.1, 0.15) is 5.75 Å². The SMILES string of the molecule is CCOc1ccc(-c2n[nH]c(=S)n2/N=C\c2cccc(OC)c2OC)cc1. The molecule has 0 saturated carbocycles. The number of nitrogens with zero attached hydrogens (tertiary/aromatic N) is 3. The van der Waals surface area contributed by atoms with Crippen molar-refractivity contribution in [1.82, 2.24) is 14.9 Å². The second-order valence-electron chi connectivity index (χ2n) is 5.45. The summed E-state index contributed by atoms with van der Waals surface area (Å²) in [5.41, 5.74) is 1.62. The Kier molecular flexibility index (Phi) is 5.87. The number of para-hydroxylation sites is 1. The van der Waals surface area contributed by atoms with Gasteiger partial charge in [0.15, 0.2) is 17.3 Å². The first kappa shape index (κ1) is 18.7. The average Bonchev–Trinajstić information content (AvgIpc) is 3.07.